The Morgan fingerprint density at radius 2 is 2.11 bits per heavy atom. The van der Waals surface area contributed by atoms with Crippen LogP contribution in [0.15, 0.2) is 35.9 Å². The van der Waals surface area contributed by atoms with Crippen molar-refractivity contribution in [3.05, 3.63) is 41.5 Å². The van der Waals surface area contributed by atoms with Gasteiger partial charge in [-0.25, -0.2) is 0 Å². The Hall–Kier alpha value is -1.61. The summed E-state index contributed by atoms with van der Waals surface area (Å²) in [6, 6.07) is 10.0. The molecule has 18 heavy (non-hydrogen) atoms. The molecule has 0 aliphatic heterocycles. The third-order valence-electron chi connectivity index (χ3n) is 3.33. The number of rotatable bonds is 6. The van der Waals surface area contributed by atoms with E-state index < -0.39 is 5.97 Å². The lowest BCUT2D eigenvalue weighted by atomic mass is 10.0. The molecule has 1 fully saturated rings. The molecule has 1 saturated carbocycles. The molecule has 0 aromatic heterocycles. The molecule has 1 aromatic rings. The van der Waals surface area contributed by atoms with Crippen LogP contribution in [0.1, 0.15) is 18.4 Å². The molecule has 0 saturated heterocycles. The van der Waals surface area contributed by atoms with Gasteiger partial charge in [-0.1, -0.05) is 42.0 Å². The van der Waals surface area contributed by atoms with Crippen molar-refractivity contribution in [2.24, 2.45) is 11.8 Å². The van der Waals surface area contributed by atoms with Gasteiger partial charge in [0.15, 0.2) is 0 Å². The molecule has 0 amide bonds. The molecular weight excluding hydrogens is 228 g/mol. The fourth-order valence-electron chi connectivity index (χ4n) is 2.23. The normalized spacial score (nSPS) is 22.8. The zero-order valence-electron chi connectivity index (χ0n) is 10.5. The molecule has 0 unspecified atom stereocenters. The Morgan fingerprint density at radius 3 is 2.67 bits per heavy atom. The van der Waals surface area contributed by atoms with E-state index in [1.165, 1.54) is 5.57 Å². The van der Waals surface area contributed by atoms with Crippen LogP contribution in [-0.2, 0) is 9.53 Å². The SMILES string of the molecule is COCCC(=Cc1ccccc1)[C@@H]1C[C@H]1C(=O)O. The summed E-state index contributed by atoms with van der Waals surface area (Å²) in [6.07, 6.45) is 3.67. The second-order valence-electron chi connectivity index (χ2n) is 4.66. The highest BCUT2D eigenvalue weighted by Crippen LogP contribution is 2.46. The minimum absolute atomic E-state index is 0.192. The molecule has 0 radical (unpaired) electrons. The van der Waals surface area contributed by atoms with Gasteiger partial charge in [-0.3, -0.25) is 4.79 Å². The zero-order chi connectivity index (χ0) is 13.0. The lowest BCUT2D eigenvalue weighted by Crippen LogP contribution is -2.02. The number of ether oxygens (including phenoxy) is 1. The molecule has 0 bridgehead atoms. The molecule has 0 heterocycles. The van der Waals surface area contributed by atoms with E-state index in [-0.39, 0.29) is 11.8 Å². The molecular formula is C15H18O3. The topological polar surface area (TPSA) is 46.5 Å². The highest BCUT2D eigenvalue weighted by atomic mass is 16.5. The minimum Gasteiger partial charge on any atom is -0.481 e. The first-order valence-corrected chi connectivity index (χ1v) is 6.19. The minimum atomic E-state index is -0.684. The third-order valence-corrected chi connectivity index (χ3v) is 3.33. The van der Waals surface area contributed by atoms with Gasteiger partial charge < -0.3 is 9.84 Å². The number of benzene rings is 1. The fraction of sp³-hybridized carbons (Fsp3) is 0.400. The molecule has 1 aromatic carbocycles. The summed E-state index contributed by atoms with van der Waals surface area (Å²) in [7, 11) is 1.67. The average Bonchev–Trinajstić information content (AvgIpc) is 3.16. The maximum atomic E-state index is 10.9. The van der Waals surface area contributed by atoms with Gasteiger partial charge in [0.2, 0.25) is 0 Å². The van der Waals surface area contributed by atoms with Crippen molar-refractivity contribution in [3.63, 3.8) is 0 Å². The average molecular weight is 246 g/mol. The number of carboxylic acid groups (broad SMARTS) is 1. The van der Waals surface area contributed by atoms with Crippen molar-refractivity contribution in [1.29, 1.82) is 0 Å². The van der Waals surface area contributed by atoms with Crippen LogP contribution >= 0.6 is 0 Å². The Labute approximate surface area is 107 Å². The van der Waals surface area contributed by atoms with Crippen molar-refractivity contribution < 1.29 is 14.6 Å². The van der Waals surface area contributed by atoms with Crippen LogP contribution < -0.4 is 0 Å². The Morgan fingerprint density at radius 1 is 1.39 bits per heavy atom. The molecule has 0 spiro atoms. The van der Waals surface area contributed by atoms with E-state index in [1.54, 1.807) is 7.11 Å². The van der Waals surface area contributed by atoms with Gasteiger partial charge in [0.25, 0.3) is 0 Å². The second-order valence-corrected chi connectivity index (χ2v) is 4.66. The maximum absolute atomic E-state index is 10.9. The third kappa shape index (κ3) is 3.20. The van der Waals surface area contributed by atoms with Crippen LogP contribution in [0.4, 0.5) is 0 Å². The number of methoxy groups -OCH3 is 1. The molecule has 2 atom stereocenters. The molecule has 1 N–H and O–H groups in total. The van der Waals surface area contributed by atoms with Crippen molar-refractivity contribution >= 4 is 12.0 Å². The van der Waals surface area contributed by atoms with Gasteiger partial charge in [-0.15, -0.1) is 0 Å². The van der Waals surface area contributed by atoms with E-state index in [9.17, 15) is 4.79 Å². The fourth-order valence-corrected chi connectivity index (χ4v) is 2.23. The van der Waals surface area contributed by atoms with Crippen molar-refractivity contribution in [3.8, 4) is 0 Å². The van der Waals surface area contributed by atoms with E-state index >= 15 is 0 Å². The Balaban J connectivity index is 2.11. The molecule has 3 heteroatoms. The molecule has 1 aliphatic carbocycles. The van der Waals surface area contributed by atoms with Crippen molar-refractivity contribution in [2.45, 2.75) is 12.8 Å². The lowest BCUT2D eigenvalue weighted by molar-refractivity contribution is -0.138. The largest absolute Gasteiger partial charge is 0.481 e. The first-order valence-electron chi connectivity index (χ1n) is 6.19. The second kappa shape index (κ2) is 5.83. The number of carbonyl (C=O) groups is 1. The van der Waals surface area contributed by atoms with E-state index in [2.05, 4.69) is 6.08 Å². The lowest BCUT2D eigenvalue weighted by Gasteiger charge is -2.06. The van der Waals surface area contributed by atoms with E-state index in [0.717, 1.165) is 18.4 Å². The summed E-state index contributed by atoms with van der Waals surface area (Å²) in [5.74, 6) is -0.689. The van der Waals surface area contributed by atoms with Gasteiger partial charge in [0.1, 0.15) is 0 Å². The highest BCUT2D eigenvalue weighted by Gasteiger charge is 2.44. The van der Waals surface area contributed by atoms with E-state index in [4.69, 9.17) is 9.84 Å². The number of aliphatic carboxylic acids is 1. The maximum Gasteiger partial charge on any atom is 0.307 e. The van der Waals surface area contributed by atoms with Gasteiger partial charge in [0.05, 0.1) is 5.92 Å². The van der Waals surface area contributed by atoms with Gasteiger partial charge in [-0.2, -0.15) is 0 Å². The predicted molar refractivity (Wildman–Crippen MR) is 70.1 cm³/mol. The summed E-state index contributed by atoms with van der Waals surface area (Å²) in [5.41, 5.74) is 2.31. The first-order chi connectivity index (χ1) is 8.72. The van der Waals surface area contributed by atoms with Crippen LogP contribution in [-0.4, -0.2) is 24.8 Å². The molecule has 3 nitrogen and oxygen atoms in total. The number of carboxylic acids is 1. The van der Waals surface area contributed by atoms with Crippen molar-refractivity contribution in [2.75, 3.05) is 13.7 Å². The summed E-state index contributed by atoms with van der Waals surface area (Å²) in [5, 5.41) is 9.01. The molecule has 96 valence electrons. The summed E-state index contributed by atoms with van der Waals surface area (Å²) in [6.45, 7) is 0.640. The van der Waals surface area contributed by atoms with E-state index in [1.807, 2.05) is 30.3 Å². The Bertz CT molecular complexity index is 436. The number of hydrogen-bond donors (Lipinski definition) is 1. The zero-order valence-corrected chi connectivity index (χ0v) is 10.5. The van der Waals surface area contributed by atoms with Crippen LogP contribution in [0.2, 0.25) is 0 Å². The predicted octanol–water partition coefficient (Wildman–Crippen LogP) is 2.83. The Kier molecular flexibility index (Phi) is 4.15. The van der Waals surface area contributed by atoms with Crippen molar-refractivity contribution in [1.82, 2.24) is 0 Å². The van der Waals surface area contributed by atoms with Gasteiger partial charge in [-0.05, 0) is 24.3 Å². The highest BCUT2D eigenvalue weighted by molar-refractivity contribution is 5.75. The monoisotopic (exact) mass is 246 g/mol. The van der Waals surface area contributed by atoms with Crippen LogP contribution in [0.5, 0.6) is 0 Å². The smallest absolute Gasteiger partial charge is 0.307 e. The van der Waals surface area contributed by atoms with Crippen LogP contribution in [0.25, 0.3) is 6.08 Å². The summed E-state index contributed by atoms with van der Waals surface area (Å²) < 4.78 is 5.10. The van der Waals surface area contributed by atoms with Crippen LogP contribution in [0, 0.1) is 11.8 Å². The molecule has 2 rings (SSSR count). The van der Waals surface area contributed by atoms with Gasteiger partial charge in [0, 0.05) is 13.7 Å². The first kappa shape index (κ1) is 12.8. The number of hydrogen-bond acceptors (Lipinski definition) is 2. The molecule has 1 aliphatic rings. The summed E-state index contributed by atoms with van der Waals surface area (Å²) in [4.78, 5) is 10.9. The quantitative estimate of drug-likeness (QED) is 0.839. The standard InChI is InChI=1S/C15H18O3/c1-18-8-7-12(13-10-14(13)15(16)17)9-11-5-3-2-4-6-11/h2-6,9,13-14H,7-8,10H2,1H3,(H,16,17)/t13-,14+/m0/s1. The van der Waals surface area contributed by atoms with E-state index in [0.29, 0.717) is 6.61 Å². The van der Waals surface area contributed by atoms with Gasteiger partial charge >= 0.3 is 5.97 Å². The summed E-state index contributed by atoms with van der Waals surface area (Å²) >= 11 is 0. The van der Waals surface area contributed by atoms with Crippen LogP contribution in [0.3, 0.4) is 0 Å².